The number of hydrogen-bond acceptors (Lipinski definition) is 6. The Balaban J connectivity index is 1.74. The fourth-order valence-electron chi connectivity index (χ4n) is 3.43. The van der Waals surface area contributed by atoms with Crippen LogP contribution in [0.1, 0.15) is 25.6 Å². The van der Waals surface area contributed by atoms with Crippen LogP contribution >= 0.6 is 0 Å². The summed E-state index contributed by atoms with van der Waals surface area (Å²) in [4.78, 5) is 12.9. The van der Waals surface area contributed by atoms with Gasteiger partial charge in [-0.25, -0.2) is 0 Å². The molecule has 1 atom stereocenters. The van der Waals surface area contributed by atoms with Gasteiger partial charge in [0.15, 0.2) is 17.3 Å². The molecule has 0 aliphatic carbocycles. The molecule has 2 aliphatic rings. The summed E-state index contributed by atoms with van der Waals surface area (Å²) < 4.78 is 51.3. The summed E-state index contributed by atoms with van der Waals surface area (Å²) in [5, 5.41) is 11.5. The van der Waals surface area contributed by atoms with Crippen molar-refractivity contribution < 1.29 is 27.4 Å². The van der Waals surface area contributed by atoms with Crippen LogP contribution in [0.25, 0.3) is 5.69 Å². The maximum atomic E-state index is 13.0. The first-order valence-corrected chi connectivity index (χ1v) is 8.34. The van der Waals surface area contributed by atoms with E-state index in [1.54, 1.807) is 25.1 Å². The van der Waals surface area contributed by atoms with E-state index in [-0.39, 0.29) is 18.7 Å². The Kier molecular flexibility index (Phi) is 3.97. The maximum Gasteiger partial charge on any atom is 0.406 e. The van der Waals surface area contributed by atoms with Gasteiger partial charge in [-0.3, -0.25) is 4.79 Å². The van der Waals surface area contributed by atoms with Gasteiger partial charge < -0.3 is 14.4 Å². The summed E-state index contributed by atoms with van der Waals surface area (Å²) in [7, 11) is 0. The number of tetrazole rings is 1. The van der Waals surface area contributed by atoms with Gasteiger partial charge in [-0.2, -0.15) is 17.9 Å². The van der Waals surface area contributed by atoms with E-state index >= 15 is 0 Å². The topological polar surface area (TPSA) is 82.4 Å². The lowest BCUT2D eigenvalue weighted by Gasteiger charge is -2.34. The van der Waals surface area contributed by atoms with Crippen LogP contribution in [0.5, 0.6) is 11.5 Å². The molecule has 0 N–H and O–H groups in total. The number of nitrogens with zero attached hydrogens (tertiary/aromatic N) is 5. The minimum absolute atomic E-state index is 0.000574. The number of alkyl halides is 3. The van der Waals surface area contributed by atoms with E-state index in [0.717, 1.165) is 4.90 Å². The molecule has 144 valence electrons. The molecule has 1 fully saturated rings. The van der Waals surface area contributed by atoms with Crippen molar-refractivity contribution >= 4 is 5.91 Å². The Morgan fingerprint density at radius 3 is 2.70 bits per heavy atom. The first-order valence-electron chi connectivity index (χ1n) is 8.34. The molecule has 27 heavy (non-hydrogen) atoms. The Morgan fingerprint density at radius 2 is 1.96 bits per heavy atom. The van der Waals surface area contributed by atoms with E-state index in [0.29, 0.717) is 30.4 Å². The van der Waals surface area contributed by atoms with E-state index in [4.69, 9.17) is 9.47 Å². The largest absolute Gasteiger partial charge is 0.486 e. The number of halogens is 3. The number of aromatic nitrogens is 4. The van der Waals surface area contributed by atoms with Gasteiger partial charge in [-0.05, 0) is 35.9 Å². The first kappa shape index (κ1) is 17.6. The van der Waals surface area contributed by atoms with E-state index in [1.165, 1.54) is 4.68 Å². The fourth-order valence-corrected chi connectivity index (χ4v) is 3.43. The number of carbonyl (C=O) groups excluding carboxylic acids is 1. The summed E-state index contributed by atoms with van der Waals surface area (Å²) in [5.74, 6) is 0.654. The molecule has 1 amide bonds. The third-order valence-corrected chi connectivity index (χ3v) is 4.78. The average molecular weight is 383 g/mol. The van der Waals surface area contributed by atoms with Crippen molar-refractivity contribution in [1.29, 1.82) is 0 Å². The van der Waals surface area contributed by atoms with Crippen molar-refractivity contribution in [2.45, 2.75) is 31.5 Å². The van der Waals surface area contributed by atoms with Crippen molar-refractivity contribution in [2.75, 3.05) is 19.8 Å². The number of hydrogen-bond donors (Lipinski definition) is 0. The lowest BCUT2D eigenvalue weighted by Crippen LogP contribution is -2.47. The van der Waals surface area contributed by atoms with E-state index < -0.39 is 24.2 Å². The molecule has 1 aromatic carbocycles. The van der Waals surface area contributed by atoms with Gasteiger partial charge in [0.25, 0.3) is 0 Å². The van der Waals surface area contributed by atoms with Crippen LogP contribution in [0.3, 0.4) is 0 Å². The highest BCUT2D eigenvalue weighted by Crippen LogP contribution is 2.41. The van der Waals surface area contributed by atoms with Crippen LogP contribution in [0.4, 0.5) is 13.2 Å². The van der Waals surface area contributed by atoms with Crippen molar-refractivity contribution in [1.82, 2.24) is 25.1 Å². The summed E-state index contributed by atoms with van der Waals surface area (Å²) in [6.45, 7) is 1.03. The number of benzene rings is 1. The first-order chi connectivity index (χ1) is 12.8. The monoisotopic (exact) mass is 383 g/mol. The van der Waals surface area contributed by atoms with Gasteiger partial charge in [0, 0.05) is 12.5 Å². The normalized spacial score (nSPS) is 22.4. The third-order valence-electron chi connectivity index (χ3n) is 4.78. The second-order valence-corrected chi connectivity index (χ2v) is 6.61. The van der Waals surface area contributed by atoms with Gasteiger partial charge in [0.05, 0.1) is 5.69 Å². The smallest absolute Gasteiger partial charge is 0.406 e. The molecular weight excluding hydrogens is 367 g/mol. The molecule has 0 spiro atoms. The van der Waals surface area contributed by atoms with Crippen LogP contribution in [0.15, 0.2) is 18.2 Å². The molecule has 3 heterocycles. The highest BCUT2D eigenvalue weighted by Gasteiger charge is 2.50. The highest BCUT2D eigenvalue weighted by molar-refractivity contribution is 5.80. The van der Waals surface area contributed by atoms with E-state index in [9.17, 15) is 18.0 Å². The quantitative estimate of drug-likeness (QED) is 0.804. The van der Waals surface area contributed by atoms with Gasteiger partial charge in [-0.1, -0.05) is 0 Å². The number of fused-ring (bicyclic) bond motifs is 1. The summed E-state index contributed by atoms with van der Waals surface area (Å²) in [5.41, 5.74) is -0.768. The van der Waals surface area contributed by atoms with Crippen LogP contribution in [0.2, 0.25) is 0 Å². The third kappa shape index (κ3) is 3.06. The highest BCUT2D eigenvalue weighted by atomic mass is 19.4. The van der Waals surface area contributed by atoms with Crippen molar-refractivity contribution in [3.05, 3.63) is 24.0 Å². The molecule has 1 aromatic heterocycles. The Morgan fingerprint density at radius 1 is 1.22 bits per heavy atom. The molecule has 4 rings (SSSR count). The zero-order valence-electron chi connectivity index (χ0n) is 14.4. The number of likely N-dealkylation sites (tertiary alicyclic amines) is 1. The standard InChI is InChI=1S/C16H16F3N5O3/c1-15(5-4-13(25)23(15)9-16(17,18)19)14-20-21-22-24(14)10-2-3-11-12(8-10)27-7-6-26-11/h2-3,8H,4-7,9H2,1H3. The molecule has 0 saturated carbocycles. The van der Waals surface area contributed by atoms with Crippen molar-refractivity contribution in [3.8, 4) is 17.2 Å². The molecule has 1 saturated heterocycles. The lowest BCUT2D eigenvalue weighted by atomic mass is 9.97. The predicted octanol–water partition coefficient (Wildman–Crippen LogP) is 1.83. The average Bonchev–Trinajstić information content (AvgIpc) is 3.22. The maximum absolute atomic E-state index is 13.0. The molecule has 8 nitrogen and oxygen atoms in total. The summed E-state index contributed by atoms with van der Waals surface area (Å²) in [6, 6.07) is 5.02. The van der Waals surface area contributed by atoms with Crippen LogP contribution in [-0.2, 0) is 10.3 Å². The van der Waals surface area contributed by atoms with Crippen LogP contribution in [-0.4, -0.2) is 56.9 Å². The Labute approximate surface area is 151 Å². The number of carbonyl (C=O) groups is 1. The van der Waals surface area contributed by atoms with Crippen LogP contribution in [0, 0.1) is 0 Å². The molecule has 1 unspecified atom stereocenters. The second-order valence-electron chi connectivity index (χ2n) is 6.61. The molecule has 0 radical (unpaired) electrons. The van der Waals surface area contributed by atoms with Crippen LogP contribution < -0.4 is 9.47 Å². The molecular formula is C16H16F3N5O3. The minimum Gasteiger partial charge on any atom is -0.486 e. The fraction of sp³-hybridized carbons (Fsp3) is 0.500. The lowest BCUT2D eigenvalue weighted by molar-refractivity contribution is -0.167. The predicted molar refractivity (Wildman–Crippen MR) is 84.5 cm³/mol. The van der Waals surface area contributed by atoms with Gasteiger partial charge in [0.1, 0.15) is 25.3 Å². The van der Waals surface area contributed by atoms with Gasteiger partial charge >= 0.3 is 6.18 Å². The van der Waals surface area contributed by atoms with Crippen molar-refractivity contribution in [3.63, 3.8) is 0 Å². The van der Waals surface area contributed by atoms with Gasteiger partial charge in [0.2, 0.25) is 5.91 Å². The number of rotatable bonds is 3. The molecule has 2 aromatic rings. The van der Waals surface area contributed by atoms with Gasteiger partial charge in [-0.15, -0.1) is 5.10 Å². The number of ether oxygens (including phenoxy) is 2. The summed E-state index contributed by atoms with van der Waals surface area (Å²) in [6.07, 6.45) is -4.33. The molecule has 11 heteroatoms. The second kappa shape index (κ2) is 6.10. The SMILES string of the molecule is CC1(c2nnnn2-c2ccc3c(c2)OCCO3)CCC(=O)N1CC(F)(F)F. The summed E-state index contributed by atoms with van der Waals surface area (Å²) >= 11 is 0. The number of amides is 1. The molecule has 2 aliphatic heterocycles. The minimum atomic E-state index is -4.52. The van der Waals surface area contributed by atoms with Crippen molar-refractivity contribution in [2.24, 2.45) is 0 Å². The van der Waals surface area contributed by atoms with E-state index in [1.807, 2.05) is 0 Å². The Bertz CT molecular complexity index is 884. The molecule has 0 bridgehead atoms. The zero-order chi connectivity index (χ0) is 19.2. The van der Waals surface area contributed by atoms with E-state index in [2.05, 4.69) is 15.5 Å². The Hall–Kier alpha value is -2.85. The zero-order valence-corrected chi connectivity index (χ0v) is 14.4.